The molecule has 1 heterocycles. The van der Waals surface area contributed by atoms with Crippen LogP contribution in [0.15, 0.2) is 28.2 Å². The fraction of sp³-hybridized carbons (Fsp3) is 0.467. The Morgan fingerprint density at radius 1 is 1.16 bits per heavy atom. The highest BCUT2D eigenvalue weighted by Gasteiger charge is 2.43. The molecular weight excluding hydrogens is 339 g/mol. The van der Waals surface area contributed by atoms with Gasteiger partial charge in [0, 0.05) is 6.07 Å². The Kier molecular flexibility index (Phi) is 4.13. The van der Waals surface area contributed by atoms with Crippen molar-refractivity contribution in [1.82, 2.24) is 0 Å². The van der Waals surface area contributed by atoms with Crippen molar-refractivity contribution in [2.45, 2.75) is 44.1 Å². The van der Waals surface area contributed by atoms with Gasteiger partial charge in [-0.2, -0.15) is 4.99 Å². The van der Waals surface area contributed by atoms with Crippen LogP contribution in [0.4, 0.5) is 18.9 Å². The van der Waals surface area contributed by atoms with E-state index in [-0.39, 0.29) is 23.4 Å². The Bertz CT molecular complexity index is 726. The fourth-order valence-electron chi connectivity index (χ4n) is 3.35. The molecule has 0 amide bonds. The maximum atomic E-state index is 12.5. The first-order valence-electron chi connectivity index (χ1n) is 7.79. The number of phenols is 1. The number of aliphatic imine (C=N–C) groups is 2. The van der Waals surface area contributed by atoms with Crippen molar-refractivity contribution < 1.29 is 23.0 Å². The quantitative estimate of drug-likeness (QED) is 0.753. The zero-order valence-electron chi connectivity index (χ0n) is 13.3. The zero-order valence-corrected chi connectivity index (χ0v) is 13.3. The van der Waals surface area contributed by atoms with Crippen LogP contribution in [0.5, 0.6) is 11.5 Å². The summed E-state index contributed by atoms with van der Waals surface area (Å²) < 4.78 is 41.5. The maximum Gasteiger partial charge on any atom is 0.573 e. The lowest BCUT2D eigenvalue weighted by Crippen LogP contribution is -2.58. The normalized spacial score (nSPS) is 20.2. The molecule has 7 nitrogen and oxygen atoms in total. The molecule has 0 atom stereocenters. The number of nitrogens with zero attached hydrogens (tertiary/aromatic N) is 3. The van der Waals surface area contributed by atoms with Crippen LogP contribution >= 0.6 is 0 Å². The SMILES string of the molecule is NC1=NC2(CCCCC2)N(c2cc(OC(F)(F)F)ccc2O)C(N)=N1. The van der Waals surface area contributed by atoms with Gasteiger partial charge in [-0.15, -0.1) is 13.2 Å². The van der Waals surface area contributed by atoms with Gasteiger partial charge in [-0.3, -0.25) is 4.90 Å². The molecule has 0 saturated heterocycles. The summed E-state index contributed by atoms with van der Waals surface area (Å²) in [5.41, 5.74) is 10.9. The standard InChI is InChI=1S/C15H18F3N5O2/c16-15(17,18)25-9-4-5-11(24)10(8-9)23-13(20)21-12(19)22-14(23)6-2-1-3-7-14/h4-5,8,24H,1-3,6-7H2,(H4,19,20,21,22). The van der Waals surface area contributed by atoms with Crippen LogP contribution < -0.4 is 21.1 Å². The minimum Gasteiger partial charge on any atom is -0.506 e. The molecule has 5 N–H and O–H groups in total. The number of nitrogens with two attached hydrogens (primary N) is 2. The first kappa shape index (κ1) is 17.2. The number of aromatic hydroxyl groups is 1. The highest BCUT2D eigenvalue weighted by Crippen LogP contribution is 2.43. The summed E-state index contributed by atoms with van der Waals surface area (Å²) in [6, 6.07) is 3.20. The van der Waals surface area contributed by atoms with Gasteiger partial charge in [-0.25, -0.2) is 4.99 Å². The smallest absolute Gasteiger partial charge is 0.506 e. The molecule has 0 unspecified atom stereocenters. The minimum absolute atomic E-state index is 0.0119. The average Bonchev–Trinajstić information content (AvgIpc) is 2.49. The largest absolute Gasteiger partial charge is 0.573 e. The van der Waals surface area contributed by atoms with Crippen molar-refractivity contribution >= 4 is 17.6 Å². The lowest BCUT2D eigenvalue weighted by atomic mass is 9.87. The van der Waals surface area contributed by atoms with E-state index < -0.39 is 17.8 Å². The Morgan fingerprint density at radius 2 is 1.84 bits per heavy atom. The van der Waals surface area contributed by atoms with Gasteiger partial charge in [-0.05, 0) is 37.8 Å². The van der Waals surface area contributed by atoms with Crippen molar-refractivity contribution in [3.8, 4) is 11.5 Å². The molecule has 1 aliphatic carbocycles. The van der Waals surface area contributed by atoms with E-state index in [1.54, 1.807) is 0 Å². The van der Waals surface area contributed by atoms with Crippen LogP contribution in [0.25, 0.3) is 0 Å². The second-order valence-electron chi connectivity index (χ2n) is 6.02. The molecule has 1 aliphatic heterocycles. The zero-order chi connectivity index (χ0) is 18.2. The van der Waals surface area contributed by atoms with E-state index in [2.05, 4.69) is 14.7 Å². The second kappa shape index (κ2) is 6.01. The summed E-state index contributed by atoms with van der Waals surface area (Å²) >= 11 is 0. The Morgan fingerprint density at radius 3 is 2.48 bits per heavy atom. The first-order chi connectivity index (χ1) is 11.7. The van der Waals surface area contributed by atoms with Crippen molar-refractivity contribution in [3.05, 3.63) is 18.2 Å². The molecule has 1 aromatic carbocycles. The van der Waals surface area contributed by atoms with E-state index in [1.807, 2.05) is 0 Å². The summed E-state index contributed by atoms with van der Waals surface area (Å²) in [6.07, 6.45) is -0.965. The number of phenolic OH excluding ortho intramolecular Hbond substituents is 1. The highest BCUT2D eigenvalue weighted by molar-refractivity contribution is 6.06. The molecule has 0 radical (unpaired) electrons. The van der Waals surface area contributed by atoms with E-state index in [4.69, 9.17) is 11.5 Å². The molecule has 1 aromatic rings. The molecule has 10 heteroatoms. The van der Waals surface area contributed by atoms with Gasteiger partial charge >= 0.3 is 6.36 Å². The third kappa shape index (κ3) is 3.42. The number of benzene rings is 1. The van der Waals surface area contributed by atoms with E-state index in [0.717, 1.165) is 37.5 Å². The van der Waals surface area contributed by atoms with Crippen LogP contribution in [-0.4, -0.2) is 29.1 Å². The Hall–Kier alpha value is -2.65. The van der Waals surface area contributed by atoms with E-state index in [9.17, 15) is 18.3 Å². The number of alkyl halides is 3. The first-order valence-corrected chi connectivity index (χ1v) is 7.79. The fourth-order valence-corrected chi connectivity index (χ4v) is 3.35. The Balaban J connectivity index is 2.06. The van der Waals surface area contributed by atoms with Gasteiger partial charge in [0.15, 0.2) is 0 Å². The number of hydrogen-bond donors (Lipinski definition) is 3. The summed E-state index contributed by atoms with van der Waals surface area (Å²) in [7, 11) is 0. The number of ether oxygens (including phenoxy) is 1. The highest BCUT2D eigenvalue weighted by atomic mass is 19.4. The number of guanidine groups is 2. The van der Waals surface area contributed by atoms with Gasteiger partial charge in [0.1, 0.15) is 17.2 Å². The van der Waals surface area contributed by atoms with Crippen LogP contribution in [0.2, 0.25) is 0 Å². The average molecular weight is 357 g/mol. The molecule has 0 aromatic heterocycles. The lowest BCUT2D eigenvalue weighted by molar-refractivity contribution is -0.274. The van der Waals surface area contributed by atoms with Gasteiger partial charge in [0.2, 0.25) is 11.9 Å². The van der Waals surface area contributed by atoms with Crippen molar-refractivity contribution in [1.29, 1.82) is 0 Å². The maximum absolute atomic E-state index is 12.5. The summed E-state index contributed by atoms with van der Waals surface area (Å²) in [6.45, 7) is 0. The third-order valence-electron chi connectivity index (χ3n) is 4.27. The van der Waals surface area contributed by atoms with Crippen molar-refractivity contribution in [2.24, 2.45) is 21.5 Å². The van der Waals surface area contributed by atoms with E-state index >= 15 is 0 Å². The minimum atomic E-state index is -4.85. The van der Waals surface area contributed by atoms with E-state index in [0.29, 0.717) is 12.8 Å². The summed E-state index contributed by atoms with van der Waals surface area (Å²) in [5.74, 6) is -0.749. The van der Waals surface area contributed by atoms with Crippen molar-refractivity contribution in [3.63, 3.8) is 0 Å². The molecule has 1 saturated carbocycles. The third-order valence-corrected chi connectivity index (χ3v) is 4.27. The van der Waals surface area contributed by atoms with E-state index in [1.165, 1.54) is 4.90 Å². The van der Waals surface area contributed by atoms with Gasteiger partial charge < -0.3 is 21.3 Å². The molecule has 136 valence electrons. The molecular formula is C15H18F3N5O2. The molecule has 1 fully saturated rings. The topological polar surface area (TPSA) is 109 Å². The molecule has 25 heavy (non-hydrogen) atoms. The molecule has 0 bridgehead atoms. The van der Waals surface area contributed by atoms with Gasteiger partial charge in [-0.1, -0.05) is 6.42 Å². The lowest BCUT2D eigenvalue weighted by Gasteiger charge is -2.45. The van der Waals surface area contributed by atoms with Crippen LogP contribution in [-0.2, 0) is 0 Å². The number of anilines is 1. The van der Waals surface area contributed by atoms with Crippen LogP contribution in [0, 0.1) is 0 Å². The number of hydrogen-bond acceptors (Lipinski definition) is 7. The number of rotatable bonds is 2. The molecule has 3 rings (SSSR count). The summed E-state index contributed by atoms with van der Waals surface area (Å²) in [4.78, 5) is 9.76. The summed E-state index contributed by atoms with van der Waals surface area (Å²) in [5, 5.41) is 10.2. The predicted molar refractivity (Wildman–Crippen MR) is 86.3 cm³/mol. The van der Waals surface area contributed by atoms with Gasteiger partial charge in [0.05, 0.1) is 5.69 Å². The van der Waals surface area contributed by atoms with Crippen molar-refractivity contribution in [2.75, 3.05) is 4.90 Å². The van der Waals surface area contributed by atoms with Crippen LogP contribution in [0.1, 0.15) is 32.1 Å². The monoisotopic (exact) mass is 357 g/mol. The van der Waals surface area contributed by atoms with Gasteiger partial charge in [0.25, 0.3) is 0 Å². The molecule has 1 spiro atoms. The second-order valence-corrected chi connectivity index (χ2v) is 6.02. The predicted octanol–water partition coefficient (Wildman–Crippen LogP) is 2.40. The molecule has 2 aliphatic rings. The van der Waals surface area contributed by atoms with Crippen LogP contribution in [0.3, 0.4) is 0 Å². The number of halogens is 3. The Labute approximate surface area is 141 Å².